The van der Waals surface area contributed by atoms with Crippen LogP contribution in [0.5, 0.6) is 0 Å². The monoisotopic (exact) mass is 392 g/mol. The van der Waals surface area contributed by atoms with E-state index in [0.29, 0.717) is 18.4 Å². The third-order valence-electron chi connectivity index (χ3n) is 5.91. The van der Waals surface area contributed by atoms with Crippen LogP contribution >= 0.6 is 0 Å². The number of urea groups is 1. The normalized spacial score (nSPS) is 18.6. The fourth-order valence-corrected chi connectivity index (χ4v) is 4.22. The number of imide groups is 1. The van der Waals surface area contributed by atoms with Gasteiger partial charge in [0.25, 0.3) is 5.91 Å². The Morgan fingerprint density at radius 3 is 2.41 bits per heavy atom. The van der Waals surface area contributed by atoms with Crippen molar-refractivity contribution in [3.05, 3.63) is 47.7 Å². The molecule has 1 saturated heterocycles. The molecular weight excluding hydrogens is 368 g/mol. The minimum absolute atomic E-state index is 0.240. The third kappa shape index (κ3) is 3.64. The van der Waals surface area contributed by atoms with Crippen molar-refractivity contribution in [3.63, 3.8) is 0 Å². The van der Waals surface area contributed by atoms with E-state index in [0.717, 1.165) is 47.4 Å². The molecule has 1 spiro atoms. The van der Waals surface area contributed by atoms with Crippen molar-refractivity contribution >= 4 is 17.7 Å². The molecule has 1 saturated carbocycles. The summed E-state index contributed by atoms with van der Waals surface area (Å²) < 4.78 is 0. The average molecular weight is 392 g/mol. The van der Waals surface area contributed by atoms with Crippen LogP contribution in [0, 0.1) is 6.92 Å². The number of aromatic nitrogens is 2. The van der Waals surface area contributed by atoms with Gasteiger partial charge in [-0.3, -0.25) is 14.5 Å². The highest BCUT2D eigenvalue weighted by molar-refractivity contribution is 6.11. The van der Waals surface area contributed by atoms with Gasteiger partial charge in [0, 0.05) is 17.3 Å². The van der Waals surface area contributed by atoms with E-state index in [-0.39, 0.29) is 18.2 Å². The van der Waals surface area contributed by atoms with E-state index in [9.17, 15) is 14.4 Å². The molecule has 29 heavy (non-hydrogen) atoms. The molecule has 2 aromatic rings. The quantitative estimate of drug-likeness (QED) is 0.637. The number of benzene rings is 1. The van der Waals surface area contributed by atoms with E-state index in [2.05, 4.69) is 15.5 Å². The summed E-state index contributed by atoms with van der Waals surface area (Å²) in [4.78, 5) is 39.2. The van der Waals surface area contributed by atoms with Gasteiger partial charge in [-0.25, -0.2) is 4.79 Å². The van der Waals surface area contributed by atoms with Gasteiger partial charge in [0.2, 0.25) is 0 Å². The highest BCUT2D eigenvalue weighted by atomic mass is 16.2. The van der Waals surface area contributed by atoms with E-state index in [1.54, 1.807) is 18.3 Å². The number of Topliss-reactive ketones (excluding diaryl/α,β-unsaturated/α-hetero) is 1. The number of nitrogens with zero attached hydrogens (tertiary/aromatic N) is 3. The number of nitrogens with one attached hydrogen (secondary N) is 1. The molecule has 4 rings (SSSR count). The molecule has 0 atom stereocenters. The molecule has 7 nitrogen and oxygen atoms in total. The number of hydrogen-bond acceptors (Lipinski definition) is 5. The number of carbonyl (C=O) groups excluding carboxylic acids is 3. The molecule has 1 aromatic carbocycles. The van der Waals surface area contributed by atoms with Crippen molar-refractivity contribution in [2.75, 3.05) is 6.54 Å². The summed E-state index contributed by atoms with van der Waals surface area (Å²) in [5.74, 6) is -0.522. The Balaban J connectivity index is 1.48. The van der Waals surface area contributed by atoms with Crippen molar-refractivity contribution in [1.82, 2.24) is 20.4 Å². The van der Waals surface area contributed by atoms with Crippen LogP contribution in [-0.4, -0.2) is 44.9 Å². The van der Waals surface area contributed by atoms with Gasteiger partial charge in [0.15, 0.2) is 5.78 Å². The number of carbonyl (C=O) groups is 3. The summed E-state index contributed by atoms with van der Waals surface area (Å²) in [6, 6.07) is 8.43. The molecule has 3 amide bonds. The predicted molar refractivity (Wildman–Crippen MR) is 107 cm³/mol. The molecule has 0 unspecified atom stereocenters. The largest absolute Gasteiger partial charge is 0.325 e. The van der Waals surface area contributed by atoms with E-state index in [4.69, 9.17) is 0 Å². The smallest absolute Gasteiger partial charge is 0.323 e. The lowest BCUT2D eigenvalue weighted by Gasteiger charge is -2.24. The minimum atomic E-state index is -0.818. The fourth-order valence-electron chi connectivity index (χ4n) is 4.22. The highest BCUT2D eigenvalue weighted by Crippen LogP contribution is 2.32. The Hall–Kier alpha value is -3.09. The van der Waals surface area contributed by atoms with Crippen LogP contribution in [0.2, 0.25) is 0 Å². The second kappa shape index (κ2) is 7.73. The van der Waals surface area contributed by atoms with Gasteiger partial charge in [0.05, 0.1) is 12.2 Å². The first-order chi connectivity index (χ1) is 14.0. The molecule has 2 heterocycles. The van der Waals surface area contributed by atoms with Gasteiger partial charge in [-0.15, -0.1) is 0 Å². The zero-order valence-electron chi connectivity index (χ0n) is 16.5. The second-order valence-electron chi connectivity index (χ2n) is 7.88. The Morgan fingerprint density at radius 2 is 1.76 bits per heavy atom. The van der Waals surface area contributed by atoms with Crippen molar-refractivity contribution in [1.29, 1.82) is 0 Å². The van der Waals surface area contributed by atoms with Crippen LogP contribution in [-0.2, 0) is 4.79 Å². The molecule has 1 aromatic heterocycles. The summed E-state index contributed by atoms with van der Waals surface area (Å²) in [6.45, 7) is 1.71. The molecule has 150 valence electrons. The molecule has 1 N–H and O–H groups in total. The summed E-state index contributed by atoms with van der Waals surface area (Å²) in [5, 5.41) is 10.9. The lowest BCUT2D eigenvalue weighted by molar-refractivity contribution is -0.131. The number of amides is 3. The highest BCUT2D eigenvalue weighted by Gasteiger charge is 2.51. The van der Waals surface area contributed by atoms with Crippen molar-refractivity contribution in [2.45, 2.75) is 51.0 Å². The standard InChI is InChI=1S/C22H24N4O3/c1-15-10-13-23-25-19(15)17-8-6-16(7-9-17)18(27)14-26-20(28)22(24-21(26)29)11-4-2-3-5-12-22/h6-10,13H,2-5,11-12,14H2,1H3,(H,24,29). The summed E-state index contributed by atoms with van der Waals surface area (Å²) in [7, 11) is 0. The van der Waals surface area contributed by atoms with Crippen LogP contribution in [0.15, 0.2) is 36.5 Å². The van der Waals surface area contributed by atoms with Gasteiger partial charge in [-0.2, -0.15) is 10.2 Å². The Bertz CT molecular complexity index is 947. The molecule has 0 radical (unpaired) electrons. The SMILES string of the molecule is Cc1ccnnc1-c1ccc(C(=O)CN2C(=O)NC3(CCCCCC3)C2=O)cc1. The third-order valence-corrected chi connectivity index (χ3v) is 5.91. The average Bonchev–Trinajstić information content (AvgIpc) is 2.88. The van der Waals surface area contributed by atoms with Crippen molar-refractivity contribution in [3.8, 4) is 11.3 Å². The second-order valence-corrected chi connectivity index (χ2v) is 7.88. The van der Waals surface area contributed by atoms with Gasteiger partial charge in [0.1, 0.15) is 5.54 Å². The lowest BCUT2D eigenvalue weighted by Crippen LogP contribution is -2.46. The lowest BCUT2D eigenvalue weighted by atomic mass is 9.90. The minimum Gasteiger partial charge on any atom is -0.323 e. The summed E-state index contributed by atoms with van der Waals surface area (Å²) >= 11 is 0. The first-order valence-corrected chi connectivity index (χ1v) is 10.1. The topological polar surface area (TPSA) is 92.3 Å². The van der Waals surface area contributed by atoms with Gasteiger partial charge in [-0.05, 0) is 31.4 Å². The maximum atomic E-state index is 13.0. The molecule has 7 heteroatoms. The maximum Gasteiger partial charge on any atom is 0.325 e. The summed E-state index contributed by atoms with van der Waals surface area (Å²) in [5.41, 5.74) is 2.25. The number of hydrogen-bond donors (Lipinski definition) is 1. The number of ketones is 1. The van der Waals surface area contributed by atoms with Crippen molar-refractivity contribution < 1.29 is 14.4 Å². The van der Waals surface area contributed by atoms with Crippen LogP contribution in [0.4, 0.5) is 4.79 Å². The van der Waals surface area contributed by atoms with E-state index in [1.807, 2.05) is 25.1 Å². The zero-order valence-corrected chi connectivity index (χ0v) is 16.5. The molecule has 1 aliphatic heterocycles. The summed E-state index contributed by atoms with van der Waals surface area (Å²) in [6.07, 6.45) is 6.90. The first kappa shape index (κ1) is 19.2. The van der Waals surface area contributed by atoms with Gasteiger partial charge < -0.3 is 5.32 Å². The fraction of sp³-hybridized carbons (Fsp3) is 0.409. The van der Waals surface area contributed by atoms with Crippen LogP contribution in [0.1, 0.15) is 54.4 Å². The first-order valence-electron chi connectivity index (χ1n) is 10.1. The van der Waals surface area contributed by atoms with Crippen LogP contribution in [0.25, 0.3) is 11.3 Å². The maximum absolute atomic E-state index is 13.0. The van der Waals surface area contributed by atoms with E-state index >= 15 is 0 Å². The Kier molecular flexibility index (Phi) is 5.13. The van der Waals surface area contributed by atoms with Crippen molar-refractivity contribution in [2.24, 2.45) is 0 Å². The molecule has 0 bridgehead atoms. The zero-order chi connectivity index (χ0) is 20.4. The van der Waals surface area contributed by atoms with Crippen LogP contribution < -0.4 is 5.32 Å². The van der Waals surface area contributed by atoms with E-state index in [1.165, 1.54) is 0 Å². The molecule has 1 aliphatic carbocycles. The van der Waals surface area contributed by atoms with E-state index < -0.39 is 11.6 Å². The molecular formula is C22H24N4O3. The predicted octanol–water partition coefficient (Wildman–Crippen LogP) is 3.28. The van der Waals surface area contributed by atoms with Gasteiger partial charge in [-0.1, -0.05) is 49.9 Å². The molecule has 2 fully saturated rings. The number of rotatable bonds is 4. The molecule has 2 aliphatic rings. The van der Waals surface area contributed by atoms with Gasteiger partial charge >= 0.3 is 6.03 Å². The van der Waals surface area contributed by atoms with Crippen LogP contribution in [0.3, 0.4) is 0 Å². The number of aryl methyl sites for hydroxylation is 1. The Labute approximate surface area is 169 Å². The Morgan fingerprint density at radius 1 is 1.07 bits per heavy atom.